The molecule has 2 heterocycles. The van der Waals surface area contributed by atoms with E-state index in [2.05, 4.69) is 16.3 Å². The fourth-order valence-corrected chi connectivity index (χ4v) is 3.93. The first kappa shape index (κ1) is 18.3. The lowest BCUT2D eigenvalue weighted by Gasteiger charge is -2.24. The minimum absolute atomic E-state index is 0.0187. The topological polar surface area (TPSA) is 86.3 Å². The number of nitrogens with zero attached hydrogens (tertiary/aromatic N) is 2. The van der Waals surface area contributed by atoms with Crippen molar-refractivity contribution in [2.24, 2.45) is 0 Å². The Morgan fingerprint density at radius 3 is 2.57 bits per heavy atom. The maximum Gasteiger partial charge on any atom is 0.349 e. The molecule has 1 N–H and O–H groups in total. The first-order chi connectivity index (χ1) is 13.6. The molecule has 0 radical (unpaired) electrons. The summed E-state index contributed by atoms with van der Waals surface area (Å²) >= 11 is 0. The molecule has 4 rings (SSSR count). The maximum atomic E-state index is 12.7. The van der Waals surface area contributed by atoms with Crippen molar-refractivity contribution in [3.63, 3.8) is 0 Å². The molecule has 28 heavy (non-hydrogen) atoms. The summed E-state index contributed by atoms with van der Waals surface area (Å²) in [6.45, 7) is 3.63. The van der Waals surface area contributed by atoms with Crippen molar-refractivity contribution in [3.8, 4) is 6.07 Å². The Morgan fingerprint density at radius 2 is 1.96 bits per heavy atom. The highest BCUT2D eigenvalue weighted by atomic mass is 16.4. The Balaban J connectivity index is 1.57. The summed E-state index contributed by atoms with van der Waals surface area (Å²) in [4.78, 5) is 27.3. The van der Waals surface area contributed by atoms with Gasteiger partial charge in [-0.3, -0.25) is 4.79 Å². The van der Waals surface area contributed by atoms with Crippen LogP contribution in [0.1, 0.15) is 65.3 Å². The van der Waals surface area contributed by atoms with Crippen LogP contribution in [0.4, 0.5) is 11.4 Å². The van der Waals surface area contributed by atoms with E-state index < -0.39 is 11.5 Å². The van der Waals surface area contributed by atoms with Gasteiger partial charge in [0.2, 0.25) is 0 Å². The summed E-state index contributed by atoms with van der Waals surface area (Å²) in [6.07, 6.45) is 5.43. The average molecular weight is 377 g/mol. The zero-order valence-electron chi connectivity index (χ0n) is 16.0. The molecule has 0 spiro atoms. The summed E-state index contributed by atoms with van der Waals surface area (Å²) < 4.78 is 5.41. The second-order valence-electron chi connectivity index (χ2n) is 7.61. The van der Waals surface area contributed by atoms with E-state index in [0.29, 0.717) is 28.5 Å². The number of carbonyl (C=O) groups excluding carboxylic acids is 1. The van der Waals surface area contributed by atoms with Crippen LogP contribution in [0.25, 0.3) is 0 Å². The molecule has 6 heteroatoms. The molecule has 0 unspecified atom stereocenters. The predicted octanol–water partition coefficient (Wildman–Crippen LogP) is 3.94. The van der Waals surface area contributed by atoms with Crippen LogP contribution in [0.3, 0.4) is 0 Å². The molecule has 144 valence electrons. The molecular weight excluding hydrogens is 354 g/mol. The standard InChI is InChI=1S/C22H23N3O3/c1-14-11-19(15-5-4-6-15)28-22(27)20(14)21(26)24-17-7-8-18(16(12-17)13-23)25-9-2-3-10-25/h7-8,11-12,15H,2-6,9-10H2,1H3,(H,24,26). The lowest BCUT2D eigenvalue weighted by atomic mass is 9.83. The Labute approximate surface area is 163 Å². The molecule has 1 aliphatic carbocycles. The van der Waals surface area contributed by atoms with Crippen molar-refractivity contribution >= 4 is 17.3 Å². The van der Waals surface area contributed by atoms with E-state index in [0.717, 1.165) is 50.9 Å². The summed E-state index contributed by atoms with van der Waals surface area (Å²) in [6, 6.07) is 9.29. The van der Waals surface area contributed by atoms with Gasteiger partial charge in [-0.15, -0.1) is 0 Å². The van der Waals surface area contributed by atoms with Gasteiger partial charge in [0.25, 0.3) is 5.91 Å². The molecule has 1 aromatic carbocycles. The fraction of sp³-hybridized carbons (Fsp3) is 0.409. The number of anilines is 2. The molecule has 1 saturated heterocycles. The first-order valence-corrected chi connectivity index (χ1v) is 9.82. The molecule has 6 nitrogen and oxygen atoms in total. The lowest BCUT2D eigenvalue weighted by molar-refractivity contribution is 0.102. The molecule has 1 aliphatic heterocycles. The minimum atomic E-state index is -0.603. The van der Waals surface area contributed by atoms with E-state index in [1.54, 1.807) is 25.1 Å². The summed E-state index contributed by atoms with van der Waals surface area (Å²) in [5.41, 5.74) is 1.93. The summed E-state index contributed by atoms with van der Waals surface area (Å²) in [5.74, 6) is 0.455. The monoisotopic (exact) mass is 377 g/mol. The summed E-state index contributed by atoms with van der Waals surface area (Å²) in [7, 11) is 0. The van der Waals surface area contributed by atoms with E-state index in [-0.39, 0.29) is 5.56 Å². The van der Waals surface area contributed by atoms with E-state index in [9.17, 15) is 14.9 Å². The fourth-order valence-electron chi connectivity index (χ4n) is 3.93. The van der Waals surface area contributed by atoms with Crippen LogP contribution in [-0.4, -0.2) is 19.0 Å². The SMILES string of the molecule is Cc1cc(C2CCC2)oc(=O)c1C(=O)Nc1ccc(N2CCCC2)c(C#N)c1. The zero-order valence-corrected chi connectivity index (χ0v) is 16.0. The Bertz CT molecular complexity index is 1010. The van der Waals surface area contributed by atoms with Crippen LogP contribution in [0, 0.1) is 18.3 Å². The number of carbonyl (C=O) groups is 1. The highest BCUT2D eigenvalue weighted by molar-refractivity contribution is 6.05. The van der Waals surface area contributed by atoms with Crippen LogP contribution in [-0.2, 0) is 0 Å². The first-order valence-electron chi connectivity index (χ1n) is 9.82. The van der Waals surface area contributed by atoms with Gasteiger partial charge >= 0.3 is 5.63 Å². The lowest BCUT2D eigenvalue weighted by Crippen LogP contribution is -2.24. The number of amides is 1. The smallest absolute Gasteiger partial charge is 0.349 e. The van der Waals surface area contributed by atoms with E-state index >= 15 is 0 Å². The van der Waals surface area contributed by atoms with Crippen molar-refractivity contribution in [1.29, 1.82) is 5.26 Å². The van der Waals surface area contributed by atoms with Gasteiger partial charge in [-0.05, 0) is 62.4 Å². The maximum absolute atomic E-state index is 12.7. The molecule has 1 saturated carbocycles. The van der Waals surface area contributed by atoms with Gasteiger partial charge in [0.05, 0.1) is 11.3 Å². The highest BCUT2D eigenvalue weighted by Gasteiger charge is 2.25. The molecule has 2 aliphatic rings. The van der Waals surface area contributed by atoms with Crippen LogP contribution in [0.15, 0.2) is 33.5 Å². The quantitative estimate of drug-likeness (QED) is 0.872. The van der Waals surface area contributed by atoms with Crippen molar-refractivity contribution in [2.75, 3.05) is 23.3 Å². The van der Waals surface area contributed by atoms with E-state index in [1.807, 2.05) is 6.07 Å². The normalized spacial score (nSPS) is 16.5. The van der Waals surface area contributed by atoms with Gasteiger partial charge in [0.1, 0.15) is 17.4 Å². The van der Waals surface area contributed by atoms with Crippen molar-refractivity contribution < 1.29 is 9.21 Å². The van der Waals surface area contributed by atoms with Gasteiger partial charge in [0, 0.05) is 24.7 Å². The van der Waals surface area contributed by atoms with Gasteiger partial charge in [-0.25, -0.2) is 4.79 Å². The van der Waals surface area contributed by atoms with Gasteiger partial charge in [0.15, 0.2) is 0 Å². The number of nitriles is 1. The Morgan fingerprint density at radius 1 is 1.21 bits per heavy atom. The molecule has 1 amide bonds. The predicted molar refractivity (Wildman–Crippen MR) is 107 cm³/mol. The molecule has 0 atom stereocenters. The van der Waals surface area contributed by atoms with Crippen molar-refractivity contribution in [3.05, 3.63) is 57.1 Å². The number of hydrogen-bond donors (Lipinski definition) is 1. The van der Waals surface area contributed by atoms with E-state index in [4.69, 9.17) is 4.42 Å². The molecular formula is C22H23N3O3. The summed E-state index contributed by atoms with van der Waals surface area (Å²) in [5, 5.41) is 12.2. The third-order valence-electron chi connectivity index (χ3n) is 5.72. The third kappa shape index (κ3) is 3.40. The van der Waals surface area contributed by atoms with E-state index in [1.165, 1.54) is 0 Å². The number of benzene rings is 1. The number of nitrogens with one attached hydrogen (secondary N) is 1. The second kappa shape index (κ2) is 7.51. The van der Waals surface area contributed by atoms with Crippen LogP contribution >= 0.6 is 0 Å². The molecule has 0 bridgehead atoms. The third-order valence-corrected chi connectivity index (χ3v) is 5.72. The van der Waals surface area contributed by atoms with Crippen LogP contribution in [0.2, 0.25) is 0 Å². The van der Waals surface area contributed by atoms with Crippen molar-refractivity contribution in [1.82, 2.24) is 0 Å². The minimum Gasteiger partial charge on any atom is -0.427 e. The number of aryl methyl sites for hydroxylation is 1. The zero-order chi connectivity index (χ0) is 19.7. The average Bonchev–Trinajstić information content (AvgIpc) is 3.14. The number of hydrogen-bond acceptors (Lipinski definition) is 5. The molecule has 1 aromatic heterocycles. The van der Waals surface area contributed by atoms with Crippen LogP contribution < -0.4 is 15.8 Å². The van der Waals surface area contributed by atoms with Crippen LogP contribution in [0.5, 0.6) is 0 Å². The highest BCUT2D eigenvalue weighted by Crippen LogP contribution is 2.36. The van der Waals surface area contributed by atoms with Gasteiger partial charge in [-0.2, -0.15) is 5.26 Å². The molecule has 2 fully saturated rings. The Hall–Kier alpha value is -3.07. The Kier molecular flexibility index (Phi) is 4.91. The number of rotatable bonds is 4. The second-order valence-corrected chi connectivity index (χ2v) is 7.61. The molecule has 2 aromatic rings. The van der Waals surface area contributed by atoms with Gasteiger partial charge < -0.3 is 14.6 Å². The van der Waals surface area contributed by atoms with Crippen molar-refractivity contribution in [2.45, 2.75) is 44.9 Å². The van der Waals surface area contributed by atoms with Gasteiger partial charge in [-0.1, -0.05) is 6.42 Å². The largest absolute Gasteiger partial charge is 0.427 e.